The first kappa shape index (κ1) is 16.7. The summed E-state index contributed by atoms with van der Waals surface area (Å²) in [6.45, 7) is 6.12. The minimum atomic E-state index is -0.877. The zero-order valence-corrected chi connectivity index (χ0v) is 13.1. The van der Waals surface area contributed by atoms with Crippen molar-refractivity contribution in [2.75, 3.05) is 0 Å². The molecule has 0 spiro atoms. The zero-order chi connectivity index (χ0) is 15.2. The molecule has 0 bridgehead atoms. The van der Waals surface area contributed by atoms with Crippen molar-refractivity contribution in [3.63, 3.8) is 0 Å². The van der Waals surface area contributed by atoms with Gasteiger partial charge in [-0.3, -0.25) is 9.59 Å². The van der Waals surface area contributed by atoms with E-state index >= 15 is 0 Å². The number of aliphatic carboxylic acids is 1. The van der Waals surface area contributed by atoms with Gasteiger partial charge in [0.2, 0.25) is 5.91 Å². The van der Waals surface area contributed by atoms with Gasteiger partial charge in [-0.2, -0.15) is 0 Å². The van der Waals surface area contributed by atoms with Crippen LogP contribution in [0, 0.1) is 5.41 Å². The number of carboxylic acid groups (broad SMARTS) is 1. The molecular weight excluding hydrogens is 274 g/mol. The summed E-state index contributed by atoms with van der Waals surface area (Å²) in [6.07, 6.45) is 1.74. The molecule has 1 aromatic heterocycles. The van der Waals surface area contributed by atoms with Crippen molar-refractivity contribution in [3.8, 4) is 0 Å². The summed E-state index contributed by atoms with van der Waals surface area (Å²) in [6, 6.07) is 3.66. The van der Waals surface area contributed by atoms with Crippen LogP contribution in [0.15, 0.2) is 17.5 Å². The Morgan fingerprint density at radius 1 is 1.40 bits per heavy atom. The Hall–Kier alpha value is -1.36. The highest BCUT2D eigenvalue weighted by Crippen LogP contribution is 2.22. The third-order valence-electron chi connectivity index (χ3n) is 2.82. The van der Waals surface area contributed by atoms with Gasteiger partial charge < -0.3 is 10.4 Å². The molecule has 0 radical (unpaired) electrons. The summed E-state index contributed by atoms with van der Waals surface area (Å²) in [7, 11) is 0. The SMILES string of the molecule is CC(C)(C)CC(CC(=O)O)NC(=O)CCc1cccs1. The lowest BCUT2D eigenvalue weighted by Crippen LogP contribution is -2.39. The average Bonchev–Trinajstić information content (AvgIpc) is 2.75. The normalized spacial score (nSPS) is 12.9. The Morgan fingerprint density at radius 3 is 2.60 bits per heavy atom. The third kappa shape index (κ3) is 7.28. The van der Waals surface area contributed by atoms with Crippen LogP contribution in [0.3, 0.4) is 0 Å². The van der Waals surface area contributed by atoms with Gasteiger partial charge in [0.1, 0.15) is 0 Å². The minimum Gasteiger partial charge on any atom is -0.481 e. The molecule has 0 aromatic carbocycles. The zero-order valence-electron chi connectivity index (χ0n) is 12.3. The first-order valence-corrected chi connectivity index (χ1v) is 7.68. The Morgan fingerprint density at radius 2 is 2.10 bits per heavy atom. The van der Waals surface area contributed by atoms with Gasteiger partial charge in [-0.25, -0.2) is 0 Å². The molecule has 112 valence electrons. The van der Waals surface area contributed by atoms with Crippen LogP contribution < -0.4 is 5.32 Å². The van der Waals surface area contributed by atoms with Gasteiger partial charge in [-0.15, -0.1) is 11.3 Å². The van der Waals surface area contributed by atoms with Crippen molar-refractivity contribution in [3.05, 3.63) is 22.4 Å². The number of thiophene rings is 1. The fourth-order valence-electron chi connectivity index (χ4n) is 2.12. The Kier molecular flexibility index (Phi) is 6.20. The molecule has 1 amide bonds. The minimum absolute atomic E-state index is 0.0127. The predicted octanol–water partition coefficient (Wildman–Crippen LogP) is 3.08. The fraction of sp³-hybridized carbons (Fsp3) is 0.600. The summed E-state index contributed by atoms with van der Waals surface area (Å²) in [5.74, 6) is -0.952. The number of nitrogens with one attached hydrogen (secondary N) is 1. The second kappa shape index (κ2) is 7.43. The lowest BCUT2D eigenvalue weighted by atomic mass is 9.87. The van der Waals surface area contributed by atoms with E-state index in [1.54, 1.807) is 11.3 Å². The Balaban J connectivity index is 2.46. The van der Waals surface area contributed by atoms with E-state index < -0.39 is 5.97 Å². The largest absolute Gasteiger partial charge is 0.481 e. The number of carbonyl (C=O) groups excluding carboxylic acids is 1. The van der Waals surface area contributed by atoms with Crippen molar-refractivity contribution in [2.45, 2.75) is 52.5 Å². The van der Waals surface area contributed by atoms with Crippen LogP contribution in [-0.2, 0) is 16.0 Å². The van der Waals surface area contributed by atoms with E-state index in [2.05, 4.69) is 5.32 Å². The number of rotatable bonds is 7. The van der Waals surface area contributed by atoms with Crippen LogP contribution in [0.1, 0.15) is 44.9 Å². The topological polar surface area (TPSA) is 66.4 Å². The quantitative estimate of drug-likeness (QED) is 0.813. The van der Waals surface area contributed by atoms with Crippen LogP contribution in [-0.4, -0.2) is 23.0 Å². The molecule has 0 aliphatic carbocycles. The van der Waals surface area contributed by atoms with E-state index in [1.807, 2.05) is 38.3 Å². The highest BCUT2D eigenvalue weighted by Gasteiger charge is 2.22. The monoisotopic (exact) mass is 297 g/mol. The van der Waals surface area contributed by atoms with E-state index in [0.29, 0.717) is 19.3 Å². The van der Waals surface area contributed by atoms with E-state index in [0.717, 1.165) is 0 Å². The number of hydrogen-bond acceptors (Lipinski definition) is 3. The molecule has 1 rings (SSSR count). The maximum atomic E-state index is 11.9. The highest BCUT2D eigenvalue weighted by molar-refractivity contribution is 7.09. The smallest absolute Gasteiger partial charge is 0.305 e. The van der Waals surface area contributed by atoms with Crippen LogP contribution in [0.4, 0.5) is 0 Å². The van der Waals surface area contributed by atoms with E-state index in [1.165, 1.54) is 4.88 Å². The molecule has 0 saturated carbocycles. The number of amides is 1. The molecule has 1 atom stereocenters. The van der Waals surface area contributed by atoms with Gasteiger partial charge >= 0.3 is 5.97 Å². The lowest BCUT2D eigenvalue weighted by Gasteiger charge is -2.25. The van der Waals surface area contributed by atoms with Crippen molar-refractivity contribution in [2.24, 2.45) is 5.41 Å². The maximum Gasteiger partial charge on any atom is 0.305 e. The highest BCUT2D eigenvalue weighted by atomic mass is 32.1. The maximum absolute atomic E-state index is 11.9. The Labute approximate surface area is 124 Å². The molecule has 1 unspecified atom stereocenters. The summed E-state index contributed by atoms with van der Waals surface area (Å²) in [5, 5.41) is 13.8. The van der Waals surface area contributed by atoms with E-state index in [4.69, 9.17) is 5.11 Å². The molecule has 2 N–H and O–H groups in total. The molecule has 4 nitrogen and oxygen atoms in total. The van der Waals surface area contributed by atoms with Crippen LogP contribution in [0.5, 0.6) is 0 Å². The fourth-order valence-corrected chi connectivity index (χ4v) is 2.82. The first-order valence-electron chi connectivity index (χ1n) is 6.80. The molecule has 5 heteroatoms. The average molecular weight is 297 g/mol. The Bertz CT molecular complexity index is 434. The third-order valence-corrected chi connectivity index (χ3v) is 3.76. The number of aryl methyl sites for hydroxylation is 1. The lowest BCUT2D eigenvalue weighted by molar-refractivity contribution is -0.137. The van der Waals surface area contributed by atoms with Crippen LogP contribution in [0.25, 0.3) is 0 Å². The van der Waals surface area contributed by atoms with Gasteiger partial charge in [-0.1, -0.05) is 26.8 Å². The molecule has 0 aliphatic rings. The molecule has 0 saturated heterocycles. The van der Waals surface area contributed by atoms with Crippen molar-refractivity contribution >= 4 is 23.2 Å². The number of carboxylic acids is 1. The van der Waals surface area contributed by atoms with Crippen molar-refractivity contribution < 1.29 is 14.7 Å². The van der Waals surface area contributed by atoms with Gasteiger partial charge in [0.05, 0.1) is 6.42 Å². The predicted molar refractivity (Wildman–Crippen MR) is 80.9 cm³/mol. The van der Waals surface area contributed by atoms with Gasteiger partial charge in [-0.05, 0) is 29.7 Å². The molecule has 20 heavy (non-hydrogen) atoms. The van der Waals surface area contributed by atoms with Gasteiger partial charge in [0, 0.05) is 17.3 Å². The van der Waals surface area contributed by atoms with E-state index in [9.17, 15) is 9.59 Å². The molecule has 0 fully saturated rings. The molecular formula is C15H23NO3S. The summed E-state index contributed by atoms with van der Waals surface area (Å²) >= 11 is 1.63. The summed E-state index contributed by atoms with van der Waals surface area (Å²) < 4.78 is 0. The van der Waals surface area contributed by atoms with Crippen LogP contribution >= 0.6 is 11.3 Å². The van der Waals surface area contributed by atoms with Crippen LogP contribution in [0.2, 0.25) is 0 Å². The number of carbonyl (C=O) groups is 2. The summed E-state index contributed by atoms with van der Waals surface area (Å²) in [5.41, 5.74) is -0.0127. The standard InChI is InChI=1S/C15H23NO3S/c1-15(2,3)10-11(9-14(18)19)16-13(17)7-6-12-5-4-8-20-12/h4-5,8,11H,6-7,9-10H2,1-3H3,(H,16,17)(H,18,19). The van der Waals surface area contributed by atoms with Gasteiger partial charge in [0.15, 0.2) is 0 Å². The molecule has 1 heterocycles. The molecule has 1 aromatic rings. The second-order valence-electron chi connectivity index (χ2n) is 6.21. The van der Waals surface area contributed by atoms with Crippen molar-refractivity contribution in [1.29, 1.82) is 0 Å². The second-order valence-corrected chi connectivity index (χ2v) is 7.24. The van der Waals surface area contributed by atoms with Gasteiger partial charge in [0.25, 0.3) is 0 Å². The number of hydrogen-bond donors (Lipinski definition) is 2. The summed E-state index contributed by atoms with van der Waals surface area (Å²) in [4.78, 5) is 24.0. The first-order chi connectivity index (χ1) is 9.26. The molecule has 0 aliphatic heterocycles. The van der Waals surface area contributed by atoms with E-state index in [-0.39, 0.29) is 23.8 Å². The van der Waals surface area contributed by atoms with Crippen molar-refractivity contribution in [1.82, 2.24) is 5.32 Å².